The number of hydrogen-bond acceptors (Lipinski definition) is 9. The van der Waals surface area contributed by atoms with Crippen molar-refractivity contribution in [3.63, 3.8) is 0 Å². The van der Waals surface area contributed by atoms with E-state index in [1.165, 1.54) is 0 Å². The molecule has 2 aromatic carbocycles. The van der Waals surface area contributed by atoms with Gasteiger partial charge in [-0.2, -0.15) is 5.26 Å². The first kappa shape index (κ1) is 35.8. The van der Waals surface area contributed by atoms with Gasteiger partial charge in [-0.1, -0.05) is 17.7 Å². The first-order chi connectivity index (χ1) is 26.3. The lowest BCUT2D eigenvalue weighted by atomic mass is 9.93. The highest BCUT2D eigenvalue weighted by molar-refractivity contribution is 6.31. The molecule has 54 heavy (non-hydrogen) atoms. The molecular weight excluding hydrogens is 706 g/mol. The maximum atomic E-state index is 13.0. The number of likely N-dealkylation sites (tertiary alicyclic amines) is 1. The van der Waals surface area contributed by atoms with Crippen LogP contribution >= 0.6 is 11.6 Å². The van der Waals surface area contributed by atoms with Crippen LogP contribution in [0, 0.1) is 17.2 Å². The number of hydrogen-bond donors (Lipinski definition) is 2. The summed E-state index contributed by atoms with van der Waals surface area (Å²) in [5, 5.41) is 24.8. The number of nitrogens with zero attached hydrogens (tertiary/aromatic N) is 7. The first-order valence-electron chi connectivity index (χ1n) is 19.0. The molecule has 3 saturated heterocycles. The van der Waals surface area contributed by atoms with E-state index in [2.05, 4.69) is 59.6 Å². The number of carbonyl (C=O) groups excluding carboxylic acids is 3. The molecule has 2 aromatic heterocycles. The van der Waals surface area contributed by atoms with Crippen molar-refractivity contribution in [3.05, 3.63) is 77.1 Å². The van der Waals surface area contributed by atoms with Gasteiger partial charge in [-0.15, -0.1) is 10.2 Å². The van der Waals surface area contributed by atoms with Gasteiger partial charge in [0, 0.05) is 75.4 Å². The Morgan fingerprint density at radius 3 is 2.54 bits per heavy atom. The highest BCUT2D eigenvalue weighted by Crippen LogP contribution is 2.34. The van der Waals surface area contributed by atoms with Crippen LogP contribution in [0.4, 0.5) is 16.3 Å². The molecule has 0 bridgehead atoms. The maximum Gasteiger partial charge on any atom is 0.328 e. The number of rotatable bonds is 9. The van der Waals surface area contributed by atoms with E-state index in [1.807, 2.05) is 18.2 Å². The maximum absolute atomic E-state index is 13.0. The standard InChI is InChI=1S/C40H44ClN9O4/c41-33-22-31(7-4-27(33)23-42)54-30-8-5-28(6-9-30)43-39(52)34-10-11-37(46-45-34)48-18-12-26(13-19-48)24-47-17-14-29(25-47)49-20-15-32-35(49)2-1-3-36(32)50-21-16-38(51)44-40(50)53/h1-4,7,10-11,15,20,22,26,28-30H,5-6,8-9,12-14,16-19,21,24-25H2,(H,43,52)(H,44,51,53). The second kappa shape index (κ2) is 15.7. The number of carbonyl (C=O) groups is 3. The van der Waals surface area contributed by atoms with Crippen molar-refractivity contribution in [2.75, 3.05) is 49.1 Å². The molecule has 0 radical (unpaired) electrons. The highest BCUT2D eigenvalue weighted by atomic mass is 35.5. The fraction of sp³-hybridized carbons (Fsp3) is 0.450. The lowest BCUT2D eigenvalue weighted by Gasteiger charge is -2.34. The summed E-state index contributed by atoms with van der Waals surface area (Å²) >= 11 is 6.15. The number of nitrogens with one attached hydrogen (secondary N) is 2. The summed E-state index contributed by atoms with van der Waals surface area (Å²) in [5.74, 6) is 1.63. The van der Waals surface area contributed by atoms with Crippen molar-refractivity contribution in [1.82, 2.24) is 30.3 Å². The van der Waals surface area contributed by atoms with Gasteiger partial charge in [-0.3, -0.25) is 19.8 Å². The molecule has 8 rings (SSSR count). The molecule has 1 unspecified atom stereocenters. The third kappa shape index (κ3) is 7.72. The van der Waals surface area contributed by atoms with Crippen LogP contribution in [0.15, 0.2) is 60.8 Å². The second-order valence-corrected chi connectivity index (χ2v) is 15.3. The van der Waals surface area contributed by atoms with Crippen molar-refractivity contribution < 1.29 is 19.1 Å². The Balaban J connectivity index is 0.777. The minimum Gasteiger partial charge on any atom is -0.490 e. The predicted molar refractivity (Wildman–Crippen MR) is 205 cm³/mol. The number of urea groups is 1. The van der Waals surface area contributed by atoms with Crippen molar-refractivity contribution in [1.29, 1.82) is 5.26 Å². The molecule has 13 nitrogen and oxygen atoms in total. The van der Waals surface area contributed by atoms with E-state index in [0.717, 1.165) is 100 Å². The van der Waals surface area contributed by atoms with Gasteiger partial charge in [0.25, 0.3) is 5.91 Å². The zero-order valence-corrected chi connectivity index (χ0v) is 30.9. The Kier molecular flexibility index (Phi) is 10.4. The molecule has 14 heteroatoms. The van der Waals surface area contributed by atoms with E-state index >= 15 is 0 Å². The van der Waals surface area contributed by atoms with E-state index in [4.69, 9.17) is 21.6 Å². The molecule has 2 N–H and O–H groups in total. The van der Waals surface area contributed by atoms with Gasteiger partial charge < -0.3 is 24.4 Å². The zero-order valence-electron chi connectivity index (χ0n) is 30.1. The molecule has 4 aliphatic rings. The minimum absolute atomic E-state index is 0.0330. The lowest BCUT2D eigenvalue weighted by molar-refractivity contribution is -0.120. The zero-order chi connectivity index (χ0) is 37.2. The summed E-state index contributed by atoms with van der Waals surface area (Å²) in [7, 11) is 0. The van der Waals surface area contributed by atoms with Crippen LogP contribution in [0.2, 0.25) is 5.02 Å². The predicted octanol–water partition coefficient (Wildman–Crippen LogP) is 5.69. The number of benzene rings is 2. The fourth-order valence-corrected chi connectivity index (χ4v) is 8.70. The Morgan fingerprint density at radius 2 is 1.80 bits per heavy atom. The molecule has 3 aliphatic heterocycles. The molecule has 4 amide bonds. The molecule has 1 aliphatic carbocycles. The number of aromatic nitrogens is 3. The lowest BCUT2D eigenvalue weighted by Crippen LogP contribution is -2.49. The normalized spacial score (nSPS) is 22.6. The molecule has 5 heterocycles. The average molecular weight is 750 g/mol. The van der Waals surface area contributed by atoms with Gasteiger partial charge in [-0.25, -0.2) is 4.79 Å². The van der Waals surface area contributed by atoms with Crippen molar-refractivity contribution in [3.8, 4) is 11.8 Å². The number of imide groups is 1. The number of halogens is 1. The van der Waals surface area contributed by atoms with Crippen LogP contribution in [0.1, 0.15) is 73.5 Å². The van der Waals surface area contributed by atoms with Crippen LogP contribution in [-0.4, -0.2) is 88.9 Å². The Hall–Kier alpha value is -5.19. The largest absolute Gasteiger partial charge is 0.490 e. The second-order valence-electron chi connectivity index (χ2n) is 14.9. The quantitative estimate of drug-likeness (QED) is 0.220. The van der Waals surface area contributed by atoms with E-state index in [0.29, 0.717) is 47.0 Å². The topological polar surface area (TPSA) is 149 Å². The molecule has 4 fully saturated rings. The molecule has 280 valence electrons. The molecule has 4 aromatic rings. The summed E-state index contributed by atoms with van der Waals surface area (Å²) in [4.78, 5) is 43.8. The molecule has 1 atom stereocenters. The van der Waals surface area contributed by atoms with E-state index in [1.54, 1.807) is 29.2 Å². The van der Waals surface area contributed by atoms with Crippen molar-refractivity contribution in [2.45, 2.75) is 69.6 Å². The van der Waals surface area contributed by atoms with E-state index in [9.17, 15) is 14.4 Å². The SMILES string of the molecule is N#Cc1ccc(OC2CCC(NC(=O)c3ccc(N4CCC(CN5CCC(n6ccc7c(N8CCC(=O)NC8=O)cccc76)C5)CC4)nn3)CC2)cc1Cl. The van der Waals surface area contributed by atoms with Gasteiger partial charge in [-0.05, 0) is 93.3 Å². The van der Waals surface area contributed by atoms with Crippen LogP contribution in [0.3, 0.4) is 0 Å². The number of fused-ring (bicyclic) bond motifs is 1. The van der Waals surface area contributed by atoms with Crippen LogP contribution in [0.5, 0.6) is 5.75 Å². The minimum atomic E-state index is -0.359. The van der Waals surface area contributed by atoms with Gasteiger partial charge in [0.05, 0.1) is 27.9 Å². The average Bonchev–Trinajstić information content (AvgIpc) is 3.83. The van der Waals surface area contributed by atoms with Gasteiger partial charge in [0.2, 0.25) is 5.91 Å². The van der Waals surface area contributed by atoms with Gasteiger partial charge in [0.15, 0.2) is 11.5 Å². The summed E-state index contributed by atoms with van der Waals surface area (Å²) in [6.07, 6.45) is 8.91. The van der Waals surface area contributed by atoms with Crippen LogP contribution in [0.25, 0.3) is 10.9 Å². The summed E-state index contributed by atoms with van der Waals surface area (Å²) < 4.78 is 8.44. The van der Waals surface area contributed by atoms with E-state index < -0.39 is 0 Å². The Labute approximate surface area is 319 Å². The molecule has 0 spiro atoms. The first-order valence-corrected chi connectivity index (χ1v) is 19.4. The number of piperidine rings is 1. The molecular formula is C40H44ClN9O4. The smallest absolute Gasteiger partial charge is 0.328 e. The molecule has 1 saturated carbocycles. The number of nitriles is 1. The monoisotopic (exact) mass is 749 g/mol. The summed E-state index contributed by atoms with van der Waals surface area (Å²) in [6, 6.07) is 19.1. The van der Waals surface area contributed by atoms with Crippen molar-refractivity contribution in [2.24, 2.45) is 5.92 Å². The van der Waals surface area contributed by atoms with Crippen molar-refractivity contribution >= 4 is 51.9 Å². The number of ether oxygens (including phenoxy) is 1. The highest BCUT2D eigenvalue weighted by Gasteiger charge is 2.31. The van der Waals surface area contributed by atoms with Gasteiger partial charge in [0.1, 0.15) is 11.8 Å². The Bertz CT molecular complexity index is 2070. The van der Waals surface area contributed by atoms with Crippen LogP contribution in [-0.2, 0) is 4.79 Å². The third-order valence-corrected chi connectivity index (χ3v) is 11.7. The number of anilines is 2. The summed E-state index contributed by atoms with van der Waals surface area (Å²) in [6.45, 7) is 5.31. The summed E-state index contributed by atoms with van der Waals surface area (Å²) in [5.41, 5.74) is 2.70. The van der Waals surface area contributed by atoms with Crippen LogP contribution < -0.4 is 25.2 Å². The fourth-order valence-electron chi connectivity index (χ4n) is 8.49. The van der Waals surface area contributed by atoms with E-state index in [-0.39, 0.29) is 30.0 Å². The van der Waals surface area contributed by atoms with Gasteiger partial charge >= 0.3 is 6.03 Å². The third-order valence-electron chi connectivity index (χ3n) is 11.4. The number of amides is 4. The Morgan fingerprint density at radius 1 is 0.963 bits per heavy atom.